The Bertz CT molecular complexity index is 443. The molecule has 1 aromatic rings. The topological polar surface area (TPSA) is 83.6 Å². The Morgan fingerprint density at radius 3 is 2.62 bits per heavy atom. The smallest absolute Gasteiger partial charge is 0.321 e. The van der Waals surface area contributed by atoms with Gasteiger partial charge in [-0.15, -0.1) is 0 Å². The first-order chi connectivity index (χ1) is 7.47. The number of phenolic OH excluding ortho intramolecular Hbond substituents is 1. The Balaban J connectivity index is 2.44. The zero-order valence-corrected chi connectivity index (χ0v) is 10.1. The van der Waals surface area contributed by atoms with Crippen LogP contribution in [0.25, 0.3) is 0 Å². The third-order valence-corrected chi connectivity index (χ3v) is 3.64. The molecule has 0 aromatic heterocycles. The number of carbonyl (C=O) groups is 1. The van der Waals surface area contributed by atoms with Crippen molar-refractivity contribution in [2.75, 3.05) is 0 Å². The molecular formula is C11H12BrNO3. The standard InChI is InChI=1S/C11H12BrNO3/c12-6-1-2-8(14)7(5-6)11(3-4-11)9(13)10(15)16/h1-2,5,9,14H,3-4,13H2,(H,15,16). The van der Waals surface area contributed by atoms with Gasteiger partial charge in [0.05, 0.1) is 0 Å². The number of carboxylic acids is 1. The predicted molar refractivity (Wildman–Crippen MR) is 62.3 cm³/mol. The first kappa shape index (κ1) is 11.4. The molecule has 0 aliphatic heterocycles. The molecule has 1 aliphatic rings. The minimum Gasteiger partial charge on any atom is -0.508 e. The molecule has 0 bridgehead atoms. The molecule has 4 N–H and O–H groups in total. The first-order valence-corrected chi connectivity index (χ1v) is 5.74. The van der Waals surface area contributed by atoms with Gasteiger partial charge in [-0.2, -0.15) is 0 Å². The maximum Gasteiger partial charge on any atom is 0.321 e. The summed E-state index contributed by atoms with van der Waals surface area (Å²) < 4.78 is 0.809. The fourth-order valence-electron chi connectivity index (χ4n) is 2.03. The molecule has 1 atom stereocenters. The van der Waals surface area contributed by atoms with E-state index in [9.17, 15) is 9.90 Å². The van der Waals surface area contributed by atoms with Crippen LogP contribution in [0.5, 0.6) is 5.75 Å². The number of aromatic hydroxyl groups is 1. The van der Waals surface area contributed by atoms with Gasteiger partial charge in [0.1, 0.15) is 11.8 Å². The van der Waals surface area contributed by atoms with Crippen molar-refractivity contribution in [1.29, 1.82) is 0 Å². The largest absolute Gasteiger partial charge is 0.508 e. The summed E-state index contributed by atoms with van der Waals surface area (Å²) in [6.45, 7) is 0. The van der Waals surface area contributed by atoms with Crippen LogP contribution < -0.4 is 5.73 Å². The third-order valence-electron chi connectivity index (χ3n) is 3.15. The molecule has 1 fully saturated rings. The lowest BCUT2D eigenvalue weighted by Gasteiger charge is -2.21. The minimum absolute atomic E-state index is 0.109. The molecule has 1 aliphatic carbocycles. The van der Waals surface area contributed by atoms with E-state index in [0.717, 1.165) is 4.47 Å². The monoisotopic (exact) mass is 285 g/mol. The highest BCUT2D eigenvalue weighted by molar-refractivity contribution is 9.10. The number of rotatable bonds is 3. The number of benzene rings is 1. The Labute approximate surface area is 101 Å². The summed E-state index contributed by atoms with van der Waals surface area (Å²) in [6, 6.07) is 4.04. The molecule has 2 rings (SSSR count). The lowest BCUT2D eigenvalue weighted by atomic mass is 9.88. The summed E-state index contributed by atoms with van der Waals surface area (Å²) in [4.78, 5) is 10.9. The molecule has 16 heavy (non-hydrogen) atoms. The highest BCUT2D eigenvalue weighted by atomic mass is 79.9. The highest BCUT2D eigenvalue weighted by Gasteiger charge is 2.53. The van der Waals surface area contributed by atoms with Crippen molar-refractivity contribution in [3.63, 3.8) is 0 Å². The fraction of sp³-hybridized carbons (Fsp3) is 0.364. The van der Waals surface area contributed by atoms with E-state index in [0.29, 0.717) is 18.4 Å². The summed E-state index contributed by atoms with van der Waals surface area (Å²) in [6.07, 6.45) is 1.40. The van der Waals surface area contributed by atoms with E-state index < -0.39 is 17.4 Å². The lowest BCUT2D eigenvalue weighted by Crippen LogP contribution is -2.42. The van der Waals surface area contributed by atoms with Crippen LogP contribution in [-0.2, 0) is 10.2 Å². The minimum atomic E-state index is -1.03. The van der Waals surface area contributed by atoms with Gasteiger partial charge in [-0.05, 0) is 31.0 Å². The highest BCUT2D eigenvalue weighted by Crippen LogP contribution is 2.53. The number of aliphatic carboxylic acids is 1. The van der Waals surface area contributed by atoms with Crippen molar-refractivity contribution >= 4 is 21.9 Å². The van der Waals surface area contributed by atoms with Crippen LogP contribution in [-0.4, -0.2) is 22.2 Å². The number of carboxylic acid groups (broad SMARTS) is 1. The molecule has 0 heterocycles. The number of halogens is 1. The summed E-state index contributed by atoms with van der Waals surface area (Å²) in [5.74, 6) is -0.922. The predicted octanol–water partition coefficient (Wildman–Crippen LogP) is 1.60. The summed E-state index contributed by atoms with van der Waals surface area (Å²) >= 11 is 3.30. The van der Waals surface area contributed by atoms with Crippen LogP contribution >= 0.6 is 15.9 Å². The van der Waals surface area contributed by atoms with Gasteiger partial charge in [0.15, 0.2) is 0 Å². The summed E-state index contributed by atoms with van der Waals surface area (Å²) in [7, 11) is 0. The molecule has 1 aromatic carbocycles. The lowest BCUT2D eigenvalue weighted by molar-refractivity contribution is -0.139. The van der Waals surface area contributed by atoms with Crippen molar-refractivity contribution in [2.45, 2.75) is 24.3 Å². The Morgan fingerprint density at radius 1 is 1.50 bits per heavy atom. The Kier molecular flexibility index (Phi) is 2.67. The molecule has 86 valence electrons. The van der Waals surface area contributed by atoms with E-state index in [1.54, 1.807) is 18.2 Å². The molecule has 1 unspecified atom stereocenters. The van der Waals surface area contributed by atoms with Crippen LogP contribution in [0.4, 0.5) is 0 Å². The molecule has 0 spiro atoms. The van der Waals surface area contributed by atoms with E-state index in [1.807, 2.05) is 0 Å². The number of hydrogen-bond acceptors (Lipinski definition) is 3. The Hall–Kier alpha value is -1.07. The van der Waals surface area contributed by atoms with Gasteiger partial charge in [-0.25, -0.2) is 0 Å². The number of nitrogens with two attached hydrogens (primary N) is 1. The van der Waals surface area contributed by atoms with E-state index in [-0.39, 0.29) is 5.75 Å². The zero-order valence-electron chi connectivity index (χ0n) is 8.48. The van der Waals surface area contributed by atoms with Crippen molar-refractivity contribution in [1.82, 2.24) is 0 Å². The Morgan fingerprint density at radius 2 is 2.12 bits per heavy atom. The molecule has 1 saturated carbocycles. The second-order valence-corrected chi connectivity index (χ2v) is 5.05. The van der Waals surface area contributed by atoms with Gasteiger partial charge in [0.25, 0.3) is 0 Å². The average molecular weight is 286 g/mol. The molecule has 5 heteroatoms. The van der Waals surface area contributed by atoms with Crippen LogP contribution in [0.2, 0.25) is 0 Å². The molecule has 0 amide bonds. The average Bonchev–Trinajstić information content (AvgIpc) is 3.01. The van der Waals surface area contributed by atoms with Crippen molar-refractivity contribution in [3.8, 4) is 5.75 Å². The fourth-order valence-corrected chi connectivity index (χ4v) is 2.39. The van der Waals surface area contributed by atoms with Crippen LogP contribution in [0.15, 0.2) is 22.7 Å². The van der Waals surface area contributed by atoms with Crippen molar-refractivity contribution in [3.05, 3.63) is 28.2 Å². The normalized spacial score (nSPS) is 19.1. The maximum absolute atomic E-state index is 10.9. The van der Waals surface area contributed by atoms with E-state index in [2.05, 4.69) is 15.9 Å². The quantitative estimate of drug-likeness (QED) is 0.788. The molecule has 0 radical (unpaired) electrons. The number of phenols is 1. The van der Waals surface area contributed by atoms with Crippen LogP contribution in [0.1, 0.15) is 18.4 Å². The van der Waals surface area contributed by atoms with Gasteiger partial charge >= 0.3 is 5.97 Å². The molecule has 0 saturated heterocycles. The molecular weight excluding hydrogens is 274 g/mol. The number of hydrogen-bond donors (Lipinski definition) is 3. The summed E-state index contributed by atoms with van der Waals surface area (Å²) in [5, 5.41) is 18.7. The first-order valence-electron chi connectivity index (χ1n) is 4.95. The van der Waals surface area contributed by atoms with Crippen LogP contribution in [0, 0.1) is 0 Å². The summed E-state index contributed by atoms with van der Waals surface area (Å²) in [5.41, 5.74) is 5.71. The van der Waals surface area contributed by atoms with E-state index in [4.69, 9.17) is 10.8 Å². The van der Waals surface area contributed by atoms with Crippen molar-refractivity contribution < 1.29 is 15.0 Å². The maximum atomic E-state index is 10.9. The molecule has 4 nitrogen and oxygen atoms in total. The van der Waals surface area contributed by atoms with Gasteiger partial charge in [-0.3, -0.25) is 4.79 Å². The SMILES string of the molecule is NC(C(=O)O)C1(c2cc(Br)ccc2O)CC1. The van der Waals surface area contributed by atoms with E-state index in [1.165, 1.54) is 0 Å². The van der Waals surface area contributed by atoms with Crippen LogP contribution in [0.3, 0.4) is 0 Å². The second kappa shape index (κ2) is 3.75. The van der Waals surface area contributed by atoms with Gasteiger partial charge < -0.3 is 15.9 Å². The zero-order chi connectivity index (χ0) is 11.9. The van der Waals surface area contributed by atoms with Gasteiger partial charge in [0.2, 0.25) is 0 Å². The van der Waals surface area contributed by atoms with Crippen molar-refractivity contribution in [2.24, 2.45) is 5.73 Å². The van der Waals surface area contributed by atoms with Gasteiger partial charge in [0, 0.05) is 15.5 Å². The second-order valence-electron chi connectivity index (χ2n) is 4.13. The third kappa shape index (κ3) is 1.70. The van der Waals surface area contributed by atoms with Gasteiger partial charge in [-0.1, -0.05) is 15.9 Å². The van der Waals surface area contributed by atoms with E-state index >= 15 is 0 Å².